The fraction of sp³-hybridized carbons (Fsp3) is 0.696. The number of aromatic nitrogens is 4. The quantitative estimate of drug-likeness (QED) is 0.693. The highest BCUT2D eigenvalue weighted by Crippen LogP contribution is 2.28. The largest absolute Gasteiger partial charge is 0.365 e. The van der Waals surface area contributed by atoms with E-state index in [2.05, 4.69) is 61.3 Å². The molecule has 1 aliphatic carbocycles. The van der Waals surface area contributed by atoms with E-state index in [9.17, 15) is 0 Å². The average Bonchev–Trinajstić information content (AvgIpc) is 3.06. The molecule has 2 atom stereocenters. The number of nitrogens with zero attached hydrogens (tertiary/aromatic N) is 4. The first-order valence-corrected chi connectivity index (χ1v) is 11.0. The summed E-state index contributed by atoms with van der Waals surface area (Å²) < 4.78 is 2.13. The lowest BCUT2D eigenvalue weighted by Crippen LogP contribution is -2.19. The molecule has 0 aliphatic heterocycles. The number of hydrogen-bond acceptors (Lipinski definition) is 4. The van der Waals surface area contributed by atoms with Crippen LogP contribution in [-0.4, -0.2) is 25.6 Å². The van der Waals surface area contributed by atoms with E-state index in [-0.39, 0.29) is 0 Å². The van der Waals surface area contributed by atoms with Crippen LogP contribution >= 0.6 is 0 Å². The minimum absolute atomic E-state index is 0.383. The fourth-order valence-electron chi connectivity index (χ4n) is 4.05. The molecule has 0 radical (unpaired) electrons. The summed E-state index contributed by atoms with van der Waals surface area (Å²) in [5, 5.41) is 3.58. The van der Waals surface area contributed by atoms with Crippen molar-refractivity contribution in [1.82, 2.24) is 19.5 Å². The Morgan fingerprint density at radius 1 is 1.21 bits per heavy atom. The number of nitrogens with one attached hydrogen (secondary N) is 1. The maximum atomic E-state index is 4.79. The molecule has 1 N–H and O–H groups in total. The molecule has 0 bridgehead atoms. The van der Waals surface area contributed by atoms with E-state index in [1.165, 1.54) is 25.7 Å². The molecule has 0 saturated heterocycles. The molecule has 5 nitrogen and oxygen atoms in total. The van der Waals surface area contributed by atoms with Gasteiger partial charge in [0.2, 0.25) is 5.82 Å². The van der Waals surface area contributed by atoms with Gasteiger partial charge in [0.1, 0.15) is 0 Å². The number of hydrogen-bond donors (Lipinski definition) is 1. The zero-order valence-corrected chi connectivity index (χ0v) is 18.1. The van der Waals surface area contributed by atoms with Gasteiger partial charge in [-0.2, -0.15) is 0 Å². The highest BCUT2D eigenvalue weighted by Gasteiger charge is 2.18. The third-order valence-electron chi connectivity index (χ3n) is 5.68. The van der Waals surface area contributed by atoms with Gasteiger partial charge in [-0.3, -0.25) is 0 Å². The lowest BCUT2D eigenvalue weighted by molar-refractivity contribution is 0.333. The van der Waals surface area contributed by atoms with E-state index in [0.29, 0.717) is 23.7 Å². The average molecular weight is 382 g/mol. The predicted molar refractivity (Wildman–Crippen MR) is 116 cm³/mol. The smallest absolute Gasteiger partial charge is 0.208 e. The summed E-state index contributed by atoms with van der Waals surface area (Å²) in [4.78, 5) is 14.2. The first-order valence-electron chi connectivity index (χ1n) is 11.0. The van der Waals surface area contributed by atoms with Crippen LogP contribution in [0.1, 0.15) is 79.0 Å². The molecule has 2 aromatic heterocycles. The zero-order valence-electron chi connectivity index (χ0n) is 18.1. The van der Waals surface area contributed by atoms with Gasteiger partial charge in [0.25, 0.3) is 0 Å². The lowest BCUT2D eigenvalue weighted by Gasteiger charge is -2.22. The summed E-state index contributed by atoms with van der Waals surface area (Å²) in [5.74, 6) is 9.97. The molecule has 1 saturated carbocycles. The molecule has 28 heavy (non-hydrogen) atoms. The molecular formula is C23H35N5. The molecule has 0 spiro atoms. The molecule has 1 unspecified atom stereocenters. The van der Waals surface area contributed by atoms with Crippen LogP contribution in [-0.2, 0) is 6.54 Å². The van der Waals surface area contributed by atoms with Gasteiger partial charge in [0.15, 0.2) is 17.0 Å². The van der Waals surface area contributed by atoms with Crippen molar-refractivity contribution in [3.63, 3.8) is 0 Å². The van der Waals surface area contributed by atoms with Gasteiger partial charge < -0.3 is 9.88 Å². The molecular weight excluding hydrogens is 346 g/mol. The van der Waals surface area contributed by atoms with Crippen molar-refractivity contribution >= 4 is 17.0 Å². The third kappa shape index (κ3) is 5.04. The predicted octanol–water partition coefficient (Wildman–Crippen LogP) is 5.26. The Morgan fingerprint density at radius 3 is 2.68 bits per heavy atom. The second-order valence-electron chi connectivity index (χ2n) is 8.75. The SMILES string of the molecule is CCC(CC)Nc1nc(C#CC2CCC[C@@H](C)C2)nc2c1ncn2CC(C)C. The van der Waals surface area contributed by atoms with Gasteiger partial charge in [0, 0.05) is 18.5 Å². The molecule has 0 amide bonds. The van der Waals surface area contributed by atoms with E-state index in [0.717, 1.165) is 42.3 Å². The molecule has 5 heteroatoms. The minimum atomic E-state index is 0.383. The van der Waals surface area contributed by atoms with Gasteiger partial charge in [-0.1, -0.05) is 53.4 Å². The summed E-state index contributed by atoms with van der Waals surface area (Å²) in [6, 6.07) is 0.383. The highest BCUT2D eigenvalue weighted by atomic mass is 15.2. The van der Waals surface area contributed by atoms with Crippen molar-refractivity contribution in [3.05, 3.63) is 12.2 Å². The first kappa shape index (κ1) is 20.6. The highest BCUT2D eigenvalue weighted by molar-refractivity contribution is 5.83. The summed E-state index contributed by atoms with van der Waals surface area (Å²) in [6.07, 6.45) is 8.99. The minimum Gasteiger partial charge on any atom is -0.365 e. The molecule has 1 fully saturated rings. The van der Waals surface area contributed by atoms with Crippen LogP contribution in [0.4, 0.5) is 5.82 Å². The van der Waals surface area contributed by atoms with E-state index >= 15 is 0 Å². The summed E-state index contributed by atoms with van der Waals surface area (Å²) in [7, 11) is 0. The normalized spacial score (nSPS) is 19.8. The van der Waals surface area contributed by atoms with E-state index in [4.69, 9.17) is 9.97 Å². The topological polar surface area (TPSA) is 55.6 Å². The second-order valence-corrected chi connectivity index (χ2v) is 8.75. The standard InChI is InChI=1S/C23H35N5/c1-6-19(7-2)25-22-21-23(28(15-24-21)14-16(3)4)27-20(26-22)12-11-18-10-8-9-17(5)13-18/h15-19H,6-10,13-14H2,1-5H3,(H,25,26,27)/t17-,18?/m1/s1. The number of fused-ring (bicyclic) bond motifs is 1. The van der Waals surface area contributed by atoms with Gasteiger partial charge in [-0.15, -0.1) is 0 Å². The second kappa shape index (κ2) is 9.41. The Bertz CT molecular complexity index is 838. The Morgan fingerprint density at radius 2 is 2.00 bits per heavy atom. The summed E-state index contributed by atoms with van der Waals surface area (Å²) in [6.45, 7) is 12.0. The van der Waals surface area contributed by atoms with Crippen LogP contribution in [0.15, 0.2) is 6.33 Å². The molecule has 2 aromatic rings. The van der Waals surface area contributed by atoms with E-state index in [1.807, 2.05) is 6.33 Å². The van der Waals surface area contributed by atoms with Crippen LogP contribution in [0.3, 0.4) is 0 Å². The third-order valence-corrected chi connectivity index (χ3v) is 5.68. The molecule has 3 rings (SSSR count). The maximum Gasteiger partial charge on any atom is 0.208 e. The van der Waals surface area contributed by atoms with Crippen molar-refractivity contribution < 1.29 is 0 Å². The van der Waals surface area contributed by atoms with Crippen molar-refractivity contribution in [3.8, 4) is 11.8 Å². The molecule has 152 valence electrons. The van der Waals surface area contributed by atoms with Crippen molar-refractivity contribution in [2.24, 2.45) is 17.8 Å². The lowest BCUT2D eigenvalue weighted by atomic mass is 9.83. The van der Waals surface area contributed by atoms with Gasteiger partial charge in [-0.25, -0.2) is 15.0 Å². The Labute approximate surface area is 169 Å². The number of anilines is 1. The Kier molecular flexibility index (Phi) is 6.93. The van der Waals surface area contributed by atoms with Gasteiger partial charge in [0.05, 0.1) is 6.33 Å². The van der Waals surface area contributed by atoms with Crippen LogP contribution in [0.2, 0.25) is 0 Å². The monoisotopic (exact) mass is 381 g/mol. The van der Waals surface area contributed by atoms with Crippen LogP contribution < -0.4 is 5.32 Å². The summed E-state index contributed by atoms with van der Waals surface area (Å²) >= 11 is 0. The van der Waals surface area contributed by atoms with Gasteiger partial charge >= 0.3 is 0 Å². The Hall–Kier alpha value is -2.09. The van der Waals surface area contributed by atoms with Crippen LogP contribution in [0.5, 0.6) is 0 Å². The first-order chi connectivity index (χ1) is 13.5. The molecule has 0 aromatic carbocycles. The molecule has 2 heterocycles. The van der Waals surface area contributed by atoms with E-state index in [1.54, 1.807) is 0 Å². The zero-order chi connectivity index (χ0) is 20.1. The molecule has 1 aliphatic rings. The van der Waals surface area contributed by atoms with Crippen molar-refractivity contribution in [2.75, 3.05) is 5.32 Å². The fourth-order valence-corrected chi connectivity index (χ4v) is 4.05. The van der Waals surface area contributed by atoms with Gasteiger partial charge in [-0.05, 0) is 43.4 Å². The number of imidazole rings is 1. The van der Waals surface area contributed by atoms with Crippen molar-refractivity contribution in [1.29, 1.82) is 0 Å². The summed E-state index contributed by atoms with van der Waals surface area (Å²) in [5.41, 5.74) is 1.74. The Balaban J connectivity index is 1.97. The van der Waals surface area contributed by atoms with Crippen molar-refractivity contribution in [2.45, 2.75) is 85.7 Å². The van der Waals surface area contributed by atoms with Crippen LogP contribution in [0.25, 0.3) is 11.2 Å². The van der Waals surface area contributed by atoms with E-state index < -0.39 is 0 Å². The number of rotatable bonds is 6. The van der Waals surface area contributed by atoms with Crippen LogP contribution in [0, 0.1) is 29.6 Å². The maximum absolute atomic E-state index is 4.79.